The van der Waals surface area contributed by atoms with Crippen LogP contribution in [0.5, 0.6) is 0 Å². The Hall–Kier alpha value is -1.24. The van der Waals surface area contributed by atoms with Crippen LogP contribution in [0.4, 0.5) is 0 Å². The van der Waals surface area contributed by atoms with E-state index in [2.05, 4.69) is 14.9 Å². The summed E-state index contributed by atoms with van der Waals surface area (Å²) in [6, 6.07) is 0. The fraction of sp³-hybridized carbons (Fsp3) is 0.588. The topological polar surface area (TPSA) is 61.9 Å². The van der Waals surface area contributed by atoms with Crippen molar-refractivity contribution in [2.75, 3.05) is 6.54 Å². The highest BCUT2D eigenvalue weighted by molar-refractivity contribution is 7.15. The molecule has 1 N–H and O–H groups in total. The number of rotatable bonds is 3. The molecule has 24 heavy (non-hydrogen) atoms. The second kappa shape index (κ2) is 6.94. The third-order valence-electron chi connectivity index (χ3n) is 5.06. The van der Waals surface area contributed by atoms with Crippen LogP contribution in [0, 0.1) is 0 Å². The lowest BCUT2D eigenvalue weighted by Crippen LogP contribution is -2.36. The summed E-state index contributed by atoms with van der Waals surface area (Å²) in [6.07, 6.45) is 8.76. The molecule has 2 aliphatic rings. The number of aromatic amines is 1. The smallest absolute Gasteiger partial charge is 0.255 e. The molecule has 4 rings (SSSR count). The van der Waals surface area contributed by atoms with Gasteiger partial charge in [-0.3, -0.25) is 9.69 Å². The summed E-state index contributed by atoms with van der Waals surface area (Å²) in [5, 5.41) is 0. The van der Waals surface area contributed by atoms with E-state index in [-0.39, 0.29) is 5.56 Å². The van der Waals surface area contributed by atoms with Gasteiger partial charge in [-0.1, -0.05) is 30.9 Å². The molecule has 0 amide bonds. The maximum atomic E-state index is 12.6. The quantitative estimate of drug-likeness (QED) is 0.905. The average molecular weight is 365 g/mol. The number of hydrogen-bond donors (Lipinski definition) is 1. The highest BCUT2D eigenvalue weighted by Crippen LogP contribution is 2.31. The van der Waals surface area contributed by atoms with Gasteiger partial charge in [0.1, 0.15) is 5.82 Å². The normalized spacial score (nSPS) is 19.4. The van der Waals surface area contributed by atoms with Crippen molar-refractivity contribution in [2.45, 2.75) is 57.5 Å². The van der Waals surface area contributed by atoms with Crippen LogP contribution in [0.1, 0.15) is 60.0 Å². The Morgan fingerprint density at radius 1 is 1.33 bits per heavy atom. The predicted octanol–water partition coefficient (Wildman–Crippen LogP) is 3.49. The molecule has 0 radical (unpaired) electrons. The van der Waals surface area contributed by atoms with Crippen molar-refractivity contribution in [3.63, 3.8) is 0 Å². The number of H-pyrrole nitrogens is 1. The molecule has 0 bridgehead atoms. The minimum atomic E-state index is 0.0487. The van der Waals surface area contributed by atoms with Crippen molar-refractivity contribution in [3.05, 3.63) is 43.0 Å². The van der Waals surface area contributed by atoms with E-state index >= 15 is 0 Å². The molecule has 0 saturated heterocycles. The Labute approximate surface area is 150 Å². The van der Waals surface area contributed by atoms with E-state index in [1.807, 2.05) is 6.20 Å². The molecule has 5 nitrogen and oxygen atoms in total. The number of aromatic nitrogens is 3. The van der Waals surface area contributed by atoms with Gasteiger partial charge in [0.05, 0.1) is 11.3 Å². The summed E-state index contributed by atoms with van der Waals surface area (Å²) in [7, 11) is 0. The molecule has 1 fully saturated rings. The Bertz CT molecular complexity index is 781. The van der Waals surface area contributed by atoms with Gasteiger partial charge >= 0.3 is 0 Å². The van der Waals surface area contributed by atoms with Gasteiger partial charge in [0.2, 0.25) is 0 Å². The van der Waals surface area contributed by atoms with E-state index in [4.69, 9.17) is 16.6 Å². The first-order chi connectivity index (χ1) is 11.7. The number of halogens is 1. The van der Waals surface area contributed by atoms with Gasteiger partial charge in [-0.05, 0) is 12.8 Å². The number of fused-ring (bicyclic) bond motifs is 1. The molecule has 1 aliphatic heterocycles. The predicted molar refractivity (Wildman–Crippen MR) is 95.6 cm³/mol. The maximum absolute atomic E-state index is 12.6. The first-order valence-electron chi connectivity index (χ1n) is 8.63. The molecule has 2 aromatic rings. The zero-order valence-corrected chi connectivity index (χ0v) is 15.1. The molecule has 128 valence electrons. The summed E-state index contributed by atoms with van der Waals surface area (Å²) in [5.74, 6) is 1.36. The van der Waals surface area contributed by atoms with Crippen molar-refractivity contribution in [2.24, 2.45) is 0 Å². The highest BCUT2D eigenvalue weighted by atomic mass is 35.5. The molecule has 3 heterocycles. The second-order valence-electron chi connectivity index (χ2n) is 6.75. The van der Waals surface area contributed by atoms with Gasteiger partial charge in [0, 0.05) is 43.0 Å². The van der Waals surface area contributed by atoms with E-state index in [0.717, 1.165) is 54.3 Å². The van der Waals surface area contributed by atoms with Crippen LogP contribution in [0.2, 0.25) is 4.47 Å². The minimum Gasteiger partial charge on any atom is -0.310 e. The molecule has 7 heteroatoms. The summed E-state index contributed by atoms with van der Waals surface area (Å²) < 4.78 is 0.569. The number of hydrogen-bond acceptors (Lipinski definition) is 5. The summed E-state index contributed by atoms with van der Waals surface area (Å²) in [6.45, 7) is 2.36. The van der Waals surface area contributed by atoms with Crippen LogP contribution in [0.3, 0.4) is 0 Å². The average Bonchev–Trinajstić information content (AvgIpc) is 3.01. The summed E-state index contributed by atoms with van der Waals surface area (Å²) >= 11 is 7.40. The van der Waals surface area contributed by atoms with E-state index in [1.54, 1.807) is 0 Å². The molecule has 0 spiro atoms. The fourth-order valence-corrected chi connectivity index (χ4v) is 4.80. The van der Waals surface area contributed by atoms with Gasteiger partial charge in [0.25, 0.3) is 5.56 Å². The van der Waals surface area contributed by atoms with Crippen molar-refractivity contribution in [1.29, 1.82) is 0 Å². The van der Waals surface area contributed by atoms with Crippen LogP contribution in [-0.2, 0) is 19.5 Å². The number of nitrogens with one attached hydrogen (secondary N) is 1. The van der Waals surface area contributed by atoms with Gasteiger partial charge in [-0.15, -0.1) is 11.3 Å². The number of nitrogens with zero attached hydrogens (tertiary/aromatic N) is 3. The van der Waals surface area contributed by atoms with Gasteiger partial charge in [-0.25, -0.2) is 9.97 Å². The highest BCUT2D eigenvalue weighted by Gasteiger charge is 2.24. The largest absolute Gasteiger partial charge is 0.310 e. The van der Waals surface area contributed by atoms with Crippen LogP contribution in [0.25, 0.3) is 0 Å². The van der Waals surface area contributed by atoms with Crippen molar-refractivity contribution < 1.29 is 0 Å². The molecule has 1 aliphatic carbocycles. The summed E-state index contributed by atoms with van der Waals surface area (Å²) in [4.78, 5) is 28.0. The number of thiazole rings is 1. The molecule has 2 aromatic heterocycles. The molecule has 0 aromatic carbocycles. The van der Waals surface area contributed by atoms with E-state index in [0.29, 0.717) is 16.9 Å². The summed E-state index contributed by atoms with van der Waals surface area (Å²) in [5.41, 5.74) is 1.88. The fourth-order valence-electron chi connectivity index (χ4n) is 3.78. The zero-order valence-electron chi connectivity index (χ0n) is 13.6. The van der Waals surface area contributed by atoms with Crippen molar-refractivity contribution >= 4 is 22.9 Å². The first-order valence-corrected chi connectivity index (χ1v) is 9.83. The van der Waals surface area contributed by atoms with E-state index < -0.39 is 0 Å². The SMILES string of the molecule is O=c1[nH]c(C2CCCCC2)nc2c1CN(Cc1cnc(Cl)s1)CC2. The monoisotopic (exact) mass is 364 g/mol. The first kappa shape index (κ1) is 16.2. The Balaban J connectivity index is 1.52. The Kier molecular flexibility index (Phi) is 4.70. The minimum absolute atomic E-state index is 0.0487. The van der Waals surface area contributed by atoms with E-state index in [9.17, 15) is 4.79 Å². The van der Waals surface area contributed by atoms with Gasteiger partial charge in [-0.2, -0.15) is 0 Å². The third kappa shape index (κ3) is 3.41. The second-order valence-corrected chi connectivity index (χ2v) is 8.45. The van der Waals surface area contributed by atoms with E-state index in [1.165, 1.54) is 30.6 Å². The molecule has 0 unspecified atom stereocenters. The van der Waals surface area contributed by atoms with Crippen LogP contribution in [-0.4, -0.2) is 26.4 Å². The van der Waals surface area contributed by atoms with Crippen molar-refractivity contribution in [3.8, 4) is 0 Å². The Morgan fingerprint density at radius 2 is 2.17 bits per heavy atom. The van der Waals surface area contributed by atoms with Crippen molar-refractivity contribution in [1.82, 2.24) is 19.9 Å². The maximum Gasteiger partial charge on any atom is 0.255 e. The molecule has 1 saturated carbocycles. The lowest BCUT2D eigenvalue weighted by Gasteiger charge is -2.28. The lowest BCUT2D eigenvalue weighted by atomic mass is 9.88. The van der Waals surface area contributed by atoms with Crippen LogP contribution >= 0.6 is 22.9 Å². The van der Waals surface area contributed by atoms with Gasteiger partial charge < -0.3 is 4.98 Å². The standard InChI is InChI=1S/C17H21ClN4OS/c18-17-19-8-12(24-17)9-22-7-6-14-13(10-22)16(23)21-15(20-14)11-4-2-1-3-5-11/h8,11H,1-7,9-10H2,(H,20,21,23). The zero-order chi connectivity index (χ0) is 16.5. The van der Waals surface area contributed by atoms with Crippen LogP contribution < -0.4 is 5.56 Å². The molecule has 0 atom stereocenters. The lowest BCUT2D eigenvalue weighted by molar-refractivity contribution is 0.243. The van der Waals surface area contributed by atoms with Crippen LogP contribution in [0.15, 0.2) is 11.0 Å². The van der Waals surface area contributed by atoms with Gasteiger partial charge in [0.15, 0.2) is 4.47 Å². The third-order valence-corrected chi connectivity index (χ3v) is 6.16. The Morgan fingerprint density at radius 3 is 2.92 bits per heavy atom. The molecular formula is C17H21ClN4OS. The molecular weight excluding hydrogens is 344 g/mol.